The van der Waals surface area contributed by atoms with Crippen LogP contribution in [0.1, 0.15) is 12.5 Å². The van der Waals surface area contributed by atoms with Crippen LogP contribution in [0.25, 0.3) is 0 Å². The topological polar surface area (TPSA) is 35.2 Å². The largest absolute Gasteiger partial charge is 0.457 e. The lowest BCUT2D eigenvalue weighted by molar-refractivity contribution is 0.456. The maximum atomic E-state index is 13.2. The van der Waals surface area contributed by atoms with Gasteiger partial charge in [0.15, 0.2) is 11.6 Å². The molecule has 0 heterocycles. The molecular weight excluding hydrogens is 284 g/mol. The summed E-state index contributed by atoms with van der Waals surface area (Å²) < 4.78 is 31.6. The Morgan fingerprint density at radius 3 is 2.55 bits per heavy atom. The van der Waals surface area contributed by atoms with Crippen molar-refractivity contribution in [2.75, 3.05) is 0 Å². The van der Waals surface area contributed by atoms with E-state index in [1.807, 2.05) is 6.92 Å². The number of halogens is 3. The second-order valence-corrected chi connectivity index (χ2v) is 5.05. The van der Waals surface area contributed by atoms with E-state index < -0.39 is 11.6 Å². The van der Waals surface area contributed by atoms with Gasteiger partial charge in [0.05, 0.1) is 0 Å². The molecule has 0 aliphatic heterocycles. The van der Waals surface area contributed by atoms with Gasteiger partial charge in [-0.1, -0.05) is 11.6 Å². The maximum absolute atomic E-state index is 13.2. The number of hydrogen-bond acceptors (Lipinski definition) is 2. The van der Waals surface area contributed by atoms with Crippen LogP contribution in [0.4, 0.5) is 8.78 Å². The van der Waals surface area contributed by atoms with E-state index in [1.54, 1.807) is 18.2 Å². The summed E-state index contributed by atoms with van der Waals surface area (Å²) in [6.45, 7) is 1.86. The first-order valence-electron chi connectivity index (χ1n) is 6.12. The molecule has 0 aromatic heterocycles. The zero-order valence-electron chi connectivity index (χ0n) is 10.9. The third kappa shape index (κ3) is 3.68. The van der Waals surface area contributed by atoms with Crippen LogP contribution in [0, 0.1) is 11.6 Å². The van der Waals surface area contributed by atoms with Crippen molar-refractivity contribution in [2.45, 2.75) is 19.4 Å². The fourth-order valence-corrected chi connectivity index (χ4v) is 2.02. The van der Waals surface area contributed by atoms with Crippen molar-refractivity contribution in [1.29, 1.82) is 0 Å². The normalized spacial score (nSPS) is 12.2. The molecule has 0 saturated heterocycles. The first-order valence-corrected chi connectivity index (χ1v) is 6.50. The Labute approximate surface area is 121 Å². The van der Waals surface area contributed by atoms with Crippen LogP contribution in [0.15, 0.2) is 36.4 Å². The van der Waals surface area contributed by atoms with Gasteiger partial charge in [0.2, 0.25) is 0 Å². The van der Waals surface area contributed by atoms with Gasteiger partial charge in [-0.25, -0.2) is 8.78 Å². The SMILES string of the molecule is CC(N)Cc1cc(Cl)ccc1Oc1ccc(F)c(F)c1. The lowest BCUT2D eigenvalue weighted by atomic mass is 10.1. The first-order chi connectivity index (χ1) is 9.45. The molecule has 5 heteroatoms. The summed E-state index contributed by atoms with van der Waals surface area (Å²) in [7, 11) is 0. The molecule has 2 nitrogen and oxygen atoms in total. The number of nitrogens with two attached hydrogens (primary N) is 1. The van der Waals surface area contributed by atoms with Crippen LogP contribution in [0.3, 0.4) is 0 Å². The Kier molecular flexibility index (Phi) is 4.57. The van der Waals surface area contributed by atoms with E-state index in [0.717, 1.165) is 17.7 Å². The molecule has 0 saturated carbocycles. The molecule has 0 spiro atoms. The smallest absolute Gasteiger partial charge is 0.162 e. The third-order valence-corrected chi connectivity index (χ3v) is 2.92. The first kappa shape index (κ1) is 14.8. The molecule has 0 amide bonds. The molecule has 0 aliphatic carbocycles. The highest BCUT2D eigenvalue weighted by molar-refractivity contribution is 6.30. The van der Waals surface area contributed by atoms with Crippen LogP contribution in [0.2, 0.25) is 5.02 Å². The maximum Gasteiger partial charge on any atom is 0.162 e. The zero-order valence-corrected chi connectivity index (χ0v) is 11.6. The minimum absolute atomic E-state index is 0.0687. The standard InChI is InChI=1S/C15H14ClF2NO/c1-9(19)6-10-7-11(16)2-5-15(10)20-12-3-4-13(17)14(18)8-12/h2-5,7-9H,6,19H2,1H3. The van der Waals surface area contributed by atoms with Gasteiger partial charge >= 0.3 is 0 Å². The molecule has 2 rings (SSSR count). The molecule has 1 atom stereocenters. The van der Waals surface area contributed by atoms with E-state index in [9.17, 15) is 8.78 Å². The molecule has 2 N–H and O–H groups in total. The van der Waals surface area contributed by atoms with Gasteiger partial charge in [0, 0.05) is 17.1 Å². The number of ether oxygens (including phenoxy) is 1. The Balaban J connectivity index is 2.30. The fourth-order valence-electron chi connectivity index (χ4n) is 1.82. The van der Waals surface area contributed by atoms with Gasteiger partial charge in [0.1, 0.15) is 11.5 Å². The predicted octanol–water partition coefficient (Wildman–Crippen LogP) is 4.30. The lowest BCUT2D eigenvalue weighted by Gasteiger charge is -2.13. The Hall–Kier alpha value is -1.65. The minimum atomic E-state index is -0.954. The Morgan fingerprint density at radius 1 is 1.15 bits per heavy atom. The van der Waals surface area contributed by atoms with Gasteiger partial charge in [0.25, 0.3) is 0 Å². The second-order valence-electron chi connectivity index (χ2n) is 4.61. The van der Waals surface area contributed by atoms with Crippen LogP contribution < -0.4 is 10.5 Å². The molecule has 20 heavy (non-hydrogen) atoms. The van der Waals surface area contributed by atoms with Crippen molar-refractivity contribution in [3.05, 3.63) is 58.6 Å². The van der Waals surface area contributed by atoms with Gasteiger partial charge in [-0.2, -0.15) is 0 Å². The van der Waals surface area contributed by atoms with Crippen molar-refractivity contribution < 1.29 is 13.5 Å². The summed E-state index contributed by atoms with van der Waals surface area (Å²) >= 11 is 5.94. The van der Waals surface area contributed by atoms with E-state index in [1.165, 1.54) is 6.07 Å². The van der Waals surface area contributed by atoms with Crippen molar-refractivity contribution in [3.8, 4) is 11.5 Å². The molecular formula is C15H14ClF2NO. The summed E-state index contributed by atoms with van der Waals surface area (Å²) in [5, 5.41) is 0.568. The Bertz CT molecular complexity index is 617. The quantitative estimate of drug-likeness (QED) is 0.913. The molecule has 0 aliphatic rings. The van der Waals surface area contributed by atoms with E-state index in [0.29, 0.717) is 17.2 Å². The van der Waals surface area contributed by atoms with Crippen molar-refractivity contribution >= 4 is 11.6 Å². The number of hydrogen-bond donors (Lipinski definition) is 1. The van der Waals surface area contributed by atoms with E-state index >= 15 is 0 Å². The molecule has 2 aromatic carbocycles. The van der Waals surface area contributed by atoms with Gasteiger partial charge in [-0.3, -0.25) is 0 Å². The highest BCUT2D eigenvalue weighted by Gasteiger charge is 2.10. The van der Waals surface area contributed by atoms with E-state index in [4.69, 9.17) is 22.1 Å². The summed E-state index contributed by atoms with van der Waals surface area (Å²) in [5.74, 6) is -1.12. The summed E-state index contributed by atoms with van der Waals surface area (Å²) in [6, 6.07) is 8.41. The molecule has 0 bridgehead atoms. The summed E-state index contributed by atoms with van der Waals surface area (Å²) in [4.78, 5) is 0. The van der Waals surface area contributed by atoms with Crippen LogP contribution in [-0.4, -0.2) is 6.04 Å². The monoisotopic (exact) mass is 297 g/mol. The summed E-state index contributed by atoms with van der Waals surface area (Å²) in [6.07, 6.45) is 0.569. The number of benzene rings is 2. The van der Waals surface area contributed by atoms with Crippen LogP contribution in [-0.2, 0) is 6.42 Å². The second kappa shape index (κ2) is 6.20. The Morgan fingerprint density at radius 2 is 1.90 bits per heavy atom. The average molecular weight is 298 g/mol. The average Bonchev–Trinajstić information content (AvgIpc) is 2.36. The van der Waals surface area contributed by atoms with Gasteiger partial charge in [-0.05, 0) is 49.2 Å². The van der Waals surface area contributed by atoms with Crippen molar-refractivity contribution in [3.63, 3.8) is 0 Å². The lowest BCUT2D eigenvalue weighted by Crippen LogP contribution is -2.18. The molecule has 2 aromatic rings. The molecule has 1 unspecified atom stereocenters. The van der Waals surface area contributed by atoms with Gasteiger partial charge < -0.3 is 10.5 Å². The van der Waals surface area contributed by atoms with Crippen molar-refractivity contribution in [2.24, 2.45) is 5.73 Å². The fraction of sp³-hybridized carbons (Fsp3) is 0.200. The molecule has 106 valence electrons. The van der Waals surface area contributed by atoms with Crippen LogP contribution >= 0.6 is 11.6 Å². The third-order valence-electron chi connectivity index (χ3n) is 2.68. The van der Waals surface area contributed by atoms with Crippen molar-refractivity contribution in [1.82, 2.24) is 0 Å². The molecule has 0 fully saturated rings. The van der Waals surface area contributed by atoms with Gasteiger partial charge in [-0.15, -0.1) is 0 Å². The predicted molar refractivity (Wildman–Crippen MR) is 75.2 cm³/mol. The molecule has 0 radical (unpaired) electrons. The van der Waals surface area contributed by atoms with E-state index in [-0.39, 0.29) is 11.8 Å². The highest BCUT2D eigenvalue weighted by Crippen LogP contribution is 2.29. The van der Waals surface area contributed by atoms with Crippen LogP contribution in [0.5, 0.6) is 11.5 Å². The minimum Gasteiger partial charge on any atom is -0.457 e. The van der Waals surface area contributed by atoms with E-state index in [2.05, 4.69) is 0 Å². The number of rotatable bonds is 4. The highest BCUT2D eigenvalue weighted by atomic mass is 35.5. The zero-order chi connectivity index (χ0) is 14.7. The summed E-state index contributed by atoms with van der Waals surface area (Å²) in [5.41, 5.74) is 6.59.